The molecule has 0 aliphatic carbocycles. The topological polar surface area (TPSA) is 7.94 Å². The fraction of sp³-hybridized carbons (Fsp3) is 0.364. The van der Waals surface area contributed by atoms with Gasteiger partial charge in [0.2, 0.25) is 0 Å². The molecule has 0 bridgehead atoms. The Balaban J connectivity index is 2.08. The predicted octanol–water partition coefficient (Wildman–Crippen LogP) is 6.76. The van der Waals surface area contributed by atoms with E-state index in [0.717, 1.165) is 19.3 Å². The summed E-state index contributed by atoms with van der Waals surface area (Å²) in [5.74, 6) is 0.578. The number of allylic oxidation sites excluding steroid dienone is 3. The van der Waals surface area contributed by atoms with Gasteiger partial charge in [0.25, 0.3) is 0 Å². The fourth-order valence-electron chi connectivity index (χ4n) is 7.60. The molecule has 2 aliphatic rings. The first-order chi connectivity index (χ1) is 17.3. The van der Waals surface area contributed by atoms with Gasteiger partial charge < -0.3 is 8.96 Å². The van der Waals surface area contributed by atoms with Crippen molar-refractivity contribution in [3.63, 3.8) is 0 Å². The molecule has 0 saturated carbocycles. The van der Waals surface area contributed by atoms with E-state index < -0.39 is 6.42 Å². The highest BCUT2D eigenvalue weighted by molar-refractivity contribution is 6.96. The number of hydrogen-bond donors (Lipinski definition) is 0. The van der Waals surface area contributed by atoms with Crippen LogP contribution in [0.3, 0.4) is 0 Å². The summed E-state index contributed by atoms with van der Waals surface area (Å²) >= 11 is 0. The highest BCUT2D eigenvalue weighted by Crippen LogP contribution is 2.45. The van der Waals surface area contributed by atoms with Crippen LogP contribution in [0, 0.1) is 19.8 Å². The zero-order valence-corrected chi connectivity index (χ0v) is 23.4. The third kappa shape index (κ3) is 3.21. The van der Waals surface area contributed by atoms with Crippen molar-refractivity contribution in [2.75, 3.05) is 0 Å². The van der Waals surface area contributed by atoms with Gasteiger partial charge in [0, 0.05) is 29.3 Å². The molecule has 0 N–H and O–H groups in total. The predicted molar refractivity (Wildman–Crippen MR) is 157 cm³/mol. The standard InChI is InChI=1S/C33H41BN2/c1-9-29-23(5)32-31(21-22(3)4)33-24(6)30(10-2)26(8)36(33)34(35(32)25(29)7,27-17-13-11-14-18-27)28-19-15-12-16-20-28/h11-20,22H,9-10,21H2,1-8H3. The largest absolute Gasteiger partial charge is 0.450 e. The summed E-state index contributed by atoms with van der Waals surface area (Å²) in [6.45, 7) is 18.8. The molecule has 0 amide bonds. The lowest BCUT2D eigenvalue weighted by Crippen LogP contribution is -2.73. The van der Waals surface area contributed by atoms with Crippen molar-refractivity contribution in [2.24, 2.45) is 5.92 Å². The van der Waals surface area contributed by atoms with E-state index in [9.17, 15) is 0 Å². The Bertz CT molecular complexity index is 1380. The molecule has 2 aliphatic heterocycles. The molecular formula is C33H41BN2. The van der Waals surface area contributed by atoms with Crippen molar-refractivity contribution in [2.45, 2.75) is 74.7 Å². The zero-order valence-electron chi connectivity index (χ0n) is 23.4. The molecule has 2 aromatic carbocycles. The molecule has 186 valence electrons. The van der Waals surface area contributed by atoms with Crippen LogP contribution in [0.25, 0.3) is 5.57 Å². The Morgan fingerprint density at radius 3 is 1.81 bits per heavy atom. The first kappa shape index (κ1) is 24.6. The van der Waals surface area contributed by atoms with E-state index in [4.69, 9.17) is 0 Å². The maximum absolute atomic E-state index is 2.77. The van der Waals surface area contributed by atoms with Gasteiger partial charge in [-0.15, -0.1) is 10.9 Å². The zero-order chi connectivity index (χ0) is 25.8. The van der Waals surface area contributed by atoms with Crippen LogP contribution < -0.4 is 10.9 Å². The van der Waals surface area contributed by atoms with Crippen LogP contribution in [0.1, 0.15) is 76.9 Å². The number of nitrogens with zero attached hydrogens (tertiary/aromatic N) is 2. The first-order valence-corrected chi connectivity index (χ1v) is 13.8. The molecule has 3 heterocycles. The second kappa shape index (κ2) is 9.11. The summed E-state index contributed by atoms with van der Waals surface area (Å²) < 4.78 is 5.55. The van der Waals surface area contributed by atoms with Gasteiger partial charge in [-0.25, -0.2) is 0 Å². The molecule has 0 spiro atoms. The maximum atomic E-state index is 2.77. The van der Waals surface area contributed by atoms with E-state index in [1.807, 2.05) is 0 Å². The van der Waals surface area contributed by atoms with E-state index in [1.54, 1.807) is 0 Å². The summed E-state index contributed by atoms with van der Waals surface area (Å²) in [5.41, 5.74) is 15.9. The van der Waals surface area contributed by atoms with Crippen LogP contribution in [0.15, 0.2) is 77.5 Å². The maximum Gasteiger partial charge on any atom is 0.434 e. The second-order valence-electron chi connectivity index (χ2n) is 11.2. The number of fused-ring (bicyclic) bond motifs is 2. The van der Waals surface area contributed by atoms with Gasteiger partial charge in [-0.05, 0) is 62.8 Å². The van der Waals surface area contributed by atoms with Crippen molar-refractivity contribution in [1.29, 1.82) is 0 Å². The minimum absolute atomic E-state index is 0.578. The average Bonchev–Trinajstić information content (AvgIpc) is 3.29. The number of rotatable bonds is 6. The SMILES string of the molecule is CCC1=C(C)C2=C(CC(C)C)c3c(C)c(CC)c(C)n3[B-](c3ccccc3)(c3ccccc3)[N+]2=C1C. The lowest BCUT2D eigenvalue weighted by molar-refractivity contribution is -0.331. The fourth-order valence-corrected chi connectivity index (χ4v) is 7.60. The third-order valence-corrected chi connectivity index (χ3v) is 8.86. The molecule has 2 nitrogen and oxygen atoms in total. The number of benzene rings is 2. The van der Waals surface area contributed by atoms with Crippen molar-refractivity contribution in [3.05, 3.63) is 100 Å². The average molecular weight is 477 g/mol. The Morgan fingerprint density at radius 2 is 1.33 bits per heavy atom. The first-order valence-electron chi connectivity index (χ1n) is 13.8. The monoisotopic (exact) mass is 476 g/mol. The molecule has 36 heavy (non-hydrogen) atoms. The van der Waals surface area contributed by atoms with Crippen LogP contribution >= 0.6 is 0 Å². The van der Waals surface area contributed by atoms with Crippen LogP contribution in [0.5, 0.6) is 0 Å². The number of aromatic nitrogens is 1. The molecule has 3 heteroatoms. The minimum atomic E-state index is -1.48. The van der Waals surface area contributed by atoms with Gasteiger partial charge in [-0.2, -0.15) is 0 Å². The minimum Gasteiger partial charge on any atom is -0.450 e. The molecule has 3 aromatic rings. The Morgan fingerprint density at radius 1 is 0.778 bits per heavy atom. The molecule has 0 fully saturated rings. The smallest absolute Gasteiger partial charge is 0.434 e. The van der Waals surface area contributed by atoms with Gasteiger partial charge in [0.1, 0.15) is 5.71 Å². The van der Waals surface area contributed by atoms with E-state index in [-0.39, 0.29) is 0 Å². The molecule has 0 radical (unpaired) electrons. The van der Waals surface area contributed by atoms with Crippen molar-refractivity contribution in [1.82, 2.24) is 4.48 Å². The summed E-state index contributed by atoms with van der Waals surface area (Å²) in [4.78, 5) is 0. The molecule has 1 aromatic heterocycles. The Kier molecular flexibility index (Phi) is 6.23. The summed E-state index contributed by atoms with van der Waals surface area (Å²) in [7, 11) is 0. The van der Waals surface area contributed by atoms with Gasteiger partial charge in [-0.1, -0.05) is 88.4 Å². The van der Waals surface area contributed by atoms with E-state index in [1.165, 1.54) is 61.6 Å². The van der Waals surface area contributed by atoms with Crippen LogP contribution in [-0.4, -0.2) is 21.1 Å². The Labute approximate surface area is 218 Å². The van der Waals surface area contributed by atoms with Crippen molar-refractivity contribution >= 4 is 28.6 Å². The van der Waals surface area contributed by atoms with Crippen LogP contribution in [0.2, 0.25) is 0 Å². The normalized spacial score (nSPS) is 16.8. The second-order valence-corrected chi connectivity index (χ2v) is 11.2. The highest BCUT2D eigenvalue weighted by Gasteiger charge is 2.55. The molecular weight excluding hydrogens is 435 g/mol. The van der Waals surface area contributed by atoms with Crippen LogP contribution in [-0.2, 0) is 6.42 Å². The summed E-state index contributed by atoms with van der Waals surface area (Å²) in [5, 5.41) is 0. The quantitative estimate of drug-likeness (QED) is 0.348. The third-order valence-electron chi connectivity index (χ3n) is 8.86. The molecule has 0 saturated heterocycles. The van der Waals surface area contributed by atoms with E-state index >= 15 is 0 Å². The van der Waals surface area contributed by atoms with Gasteiger partial charge in [-0.3, -0.25) is 0 Å². The van der Waals surface area contributed by atoms with E-state index in [2.05, 4.69) is 125 Å². The van der Waals surface area contributed by atoms with Gasteiger partial charge in [0.15, 0.2) is 5.70 Å². The summed E-state index contributed by atoms with van der Waals surface area (Å²) in [6, 6.07) is 22.6. The Hall–Kier alpha value is -3.07. The molecule has 0 unspecified atom stereocenters. The number of hydrogen-bond acceptors (Lipinski definition) is 0. The molecule has 5 rings (SSSR count). The molecule has 0 atom stereocenters. The van der Waals surface area contributed by atoms with Gasteiger partial charge >= 0.3 is 6.42 Å². The van der Waals surface area contributed by atoms with Crippen molar-refractivity contribution in [3.8, 4) is 0 Å². The summed E-state index contributed by atoms with van der Waals surface area (Å²) in [6.07, 6.45) is 1.70. The van der Waals surface area contributed by atoms with Gasteiger partial charge in [0.05, 0.1) is 0 Å². The van der Waals surface area contributed by atoms with E-state index in [0.29, 0.717) is 5.92 Å². The lowest BCUT2D eigenvalue weighted by atomic mass is 9.35. The highest BCUT2D eigenvalue weighted by atomic mass is 15.2. The van der Waals surface area contributed by atoms with Crippen molar-refractivity contribution < 1.29 is 4.49 Å². The lowest BCUT2D eigenvalue weighted by Gasteiger charge is -2.46. The van der Waals surface area contributed by atoms with Crippen LogP contribution in [0.4, 0.5) is 0 Å².